The van der Waals surface area contributed by atoms with E-state index in [1.807, 2.05) is 43.9 Å². The van der Waals surface area contributed by atoms with E-state index in [-0.39, 0.29) is 0 Å². The summed E-state index contributed by atoms with van der Waals surface area (Å²) in [6.45, 7) is 10.5. The monoisotopic (exact) mass is 381 g/mol. The molecule has 4 heterocycles. The maximum absolute atomic E-state index is 4.51. The van der Waals surface area contributed by atoms with Gasteiger partial charge in [-0.05, 0) is 56.6 Å². The Balaban J connectivity index is 0.00000102. The van der Waals surface area contributed by atoms with E-state index in [0.29, 0.717) is 5.92 Å². The van der Waals surface area contributed by atoms with Crippen LogP contribution in [0.2, 0.25) is 0 Å². The fourth-order valence-electron chi connectivity index (χ4n) is 3.23. The average molecular weight is 382 g/mol. The summed E-state index contributed by atoms with van der Waals surface area (Å²) in [5, 5.41) is 6.51. The predicted octanol–water partition coefficient (Wildman–Crippen LogP) is 5.05. The Bertz CT molecular complexity index is 883. The molecule has 27 heavy (non-hydrogen) atoms. The van der Waals surface area contributed by atoms with Crippen molar-refractivity contribution in [3.05, 3.63) is 48.4 Å². The van der Waals surface area contributed by atoms with Crippen molar-refractivity contribution < 1.29 is 0 Å². The van der Waals surface area contributed by atoms with Gasteiger partial charge in [-0.3, -0.25) is 4.98 Å². The molecular weight excluding hydrogens is 354 g/mol. The van der Waals surface area contributed by atoms with Crippen molar-refractivity contribution in [1.82, 2.24) is 19.2 Å². The Hall–Kier alpha value is -2.31. The summed E-state index contributed by atoms with van der Waals surface area (Å²) in [5.74, 6) is 1.34. The third-order valence-electron chi connectivity index (χ3n) is 4.83. The van der Waals surface area contributed by atoms with E-state index in [2.05, 4.69) is 44.3 Å². The molecule has 6 heteroatoms. The van der Waals surface area contributed by atoms with Gasteiger partial charge in [0.25, 0.3) is 0 Å². The van der Waals surface area contributed by atoms with Crippen molar-refractivity contribution in [2.45, 2.75) is 26.7 Å². The van der Waals surface area contributed by atoms with Gasteiger partial charge in [-0.15, -0.1) is 0 Å². The van der Waals surface area contributed by atoms with E-state index >= 15 is 0 Å². The van der Waals surface area contributed by atoms with Crippen LogP contribution in [0.5, 0.6) is 0 Å². The Morgan fingerprint density at radius 2 is 1.89 bits per heavy atom. The molecule has 0 aromatic carbocycles. The minimum atomic E-state index is 0.509. The Morgan fingerprint density at radius 1 is 1.11 bits per heavy atom. The number of hydrogen-bond acceptors (Lipinski definition) is 6. The molecule has 0 bridgehead atoms. The number of likely N-dealkylation sites (tertiary alicyclic amines) is 1. The van der Waals surface area contributed by atoms with Crippen LogP contribution in [0.3, 0.4) is 0 Å². The SMILES string of the molecule is C=C(Nc1cc2cc(-c3cnsc3)cnc2cn1)C1CCN(C)CC1.CC. The lowest BCUT2D eigenvalue weighted by atomic mass is 9.94. The molecule has 0 unspecified atom stereocenters. The second-order valence-electron chi connectivity index (χ2n) is 6.63. The molecule has 0 spiro atoms. The van der Waals surface area contributed by atoms with Crippen LogP contribution in [0.15, 0.2) is 48.4 Å². The standard InChI is InChI=1S/C19H21N5S.C2H6/c1-13(14-3-5-24(2)6-4-14)23-19-8-15-7-16(17-10-22-25-12-17)9-20-18(15)11-21-19;1-2/h7-12,14H,1,3-6H2,2H3,(H,21,23);1-2H3. The van der Waals surface area contributed by atoms with Gasteiger partial charge >= 0.3 is 0 Å². The molecule has 0 aliphatic carbocycles. The molecule has 0 amide bonds. The van der Waals surface area contributed by atoms with E-state index in [1.165, 1.54) is 11.5 Å². The third kappa shape index (κ3) is 4.70. The van der Waals surface area contributed by atoms with Crippen LogP contribution in [0, 0.1) is 5.92 Å². The minimum Gasteiger partial charge on any atom is -0.344 e. The molecule has 5 nitrogen and oxygen atoms in total. The summed E-state index contributed by atoms with van der Waals surface area (Å²) in [4.78, 5) is 11.4. The number of hydrogen-bond donors (Lipinski definition) is 1. The number of nitrogens with one attached hydrogen (secondary N) is 1. The number of pyridine rings is 2. The molecule has 1 saturated heterocycles. The van der Waals surface area contributed by atoms with Gasteiger partial charge in [-0.2, -0.15) is 0 Å². The second-order valence-corrected chi connectivity index (χ2v) is 7.28. The highest BCUT2D eigenvalue weighted by Gasteiger charge is 2.19. The van der Waals surface area contributed by atoms with E-state index in [9.17, 15) is 0 Å². The van der Waals surface area contributed by atoms with Gasteiger partial charge in [0.2, 0.25) is 0 Å². The number of piperidine rings is 1. The second kappa shape index (κ2) is 9.06. The highest BCUT2D eigenvalue weighted by Crippen LogP contribution is 2.27. The van der Waals surface area contributed by atoms with Gasteiger partial charge in [-0.25, -0.2) is 9.36 Å². The van der Waals surface area contributed by atoms with Gasteiger partial charge in [0.15, 0.2) is 0 Å². The van der Waals surface area contributed by atoms with Crippen molar-refractivity contribution in [3.63, 3.8) is 0 Å². The summed E-state index contributed by atoms with van der Waals surface area (Å²) < 4.78 is 4.17. The molecule has 0 saturated carbocycles. The van der Waals surface area contributed by atoms with Crippen molar-refractivity contribution in [2.75, 3.05) is 25.5 Å². The van der Waals surface area contributed by atoms with Crippen molar-refractivity contribution in [2.24, 2.45) is 5.92 Å². The summed E-state index contributed by atoms with van der Waals surface area (Å²) in [6, 6.07) is 4.18. The number of rotatable bonds is 4. The first-order valence-electron chi connectivity index (χ1n) is 9.49. The lowest BCUT2D eigenvalue weighted by Gasteiger charge is -2.30. The van der Waals surface area contributed by atoms with E-state index < -0.39 is 0 Å². The van der Waals surface area contributed by atoms with Crippen molar-refractivity contribution in [1.29, 1.82) is 0 Å². The van der Waals surface area contributed by atoms with Crippen LogP contribution in [-0.2, 0) is 0 Å². The zero-order valence-electron chi connectivity index (χ0n) is 16.3. The lowest BCUT2D eigenvalue weighted by molar-refractivity contribution is 0.239. The maximum Gasteiger partial charge on any atom is 0.130 e. The maximum atomic E-state index is 4.51. The summed E-state index contributed by atoms with van der Waals surface area (Å²) in [5.41, 5.74) is 4.13. The van der Waals surface area contributed by atoms with Crippen LogP contribution in [0.4, 0.5) is 5.82 Å². The van der Waals surface area contributed by atoms with Crippen LogP contribution < -0.4 is 5.32 Å². The zero-order chi connectivity index (χ0) is 19.2. The Kier molecular flexibility index (Phi) is 6.53. The fourth-order valence-corrected chi connectivity index (χ4v) is 3.77. The van der Waals surface area contributed by atoms with E-state index in [0.717, 1.165) is 59.5 Å². The van der Waals surface area contributed by atoms with Crippen LogP contribution in [0.1, 0.15) is 26.7 Å². The van der Waals surface area contributed by atoms with Crippen LogP contribution >= 0.6 is 11.5 Å². The number of anilines is 1. The number of allylic oxidation sites excluding steroid dienone is 1. The Labute approximate surface area is 165 Å². The molecule has 1 aliphatic heterocycles. The van der Waals surface area contributed by atoms with Gasteiger partial charge in [0, 0.05) is 45.9 Å². The van der Waals surface area contributed by atoms with Gasteiger partial charge in [0.1, 0.15) is 5.82 Å². The Morgan fingerprint density at radius 3 is 2.59 bits per heavy atom. The molecule has 142 valence electrons. The lowest BCUT2D eigenvalue weighted by Crippen LogP contribution is -2.31. The zero-order valence-corrected chi connectivity index (χ0v) is 17.1. The third-order valence-corrected chi connectivity index (χ3v) is 5.42. The van der Waals surface area contributed by atoms with E-state index in [4.69, 9.17) is 0 Å². The smallest absolute Gasteiger partial charge is 0.130 e. The molecule has 1 N–H and O–H groups in total. The highest BCUT2D eigenvalue weighted by molar-refractivity contribution is 7.03. The van der Waals surface area contributed by atoms with Crippen molar-refractivity contribution >= 4 is 28.3 Å². The molecule has 1 aliphatic rings. The quantitative estimate of drug-likeness (QED) is 0.685. The molecule has 3 aromatic heterocycles. The largest absolute Gasteiger partial charge is 0.344 e. The molecule has 4 rings (SSSR count). The number of aromatic nitrogens is 3. The van der Waals surface area contributed by atoms with Crippen LogP contribution in [-0.4, -0.2) is 39.4 Å². The number of nitrogens with zero attached hydrogens (tertiary/aromatic N) is 4. The average Bonchev–Trinajstić information content (AvgIpc) is 3.24. The number of fused-ring (bicyclic) bond motifs is 1. The molecular formula is C21H27N5S. The van der Waals surface area contributed by atoms with E-state index in [1.54, 1.807) is 0 Å². The fraction of sp³-hybridized carbons (Fsp3) is 0.381. The topological polar surface area (TPSA) is 53.9 Å². The van der Waals surface area contributed by atoms with Crippen LogP contribution in [0.25, 0.3) is 22.0 Å². The first kappa shape index (κ1) is 19.5. The normalized spacial score (nSPS) is 15.2. The summed E-state index contributed by atoms with van der Waals surface area (Å²) >= 11 is 1.45. The predicted molar refractivity (Wildman–Crippen MR) is 115 cm³/mol. The van der Waals surface area contributed by atoms with Gasteiger partial charge < -0.3 is 10.2 Å². The molecule has 0 atom stereocenters. The minimum absolute atomic E-state index is 0.509. The van der Waals surface area contributed by atoms with Gasteiger partial charge in [-0.1, -0.05) is 20.4 Å². The van der Waals surface area contributed by atoms with Gasteiger partial charge in [0.05, 0.1) is 11.7 Å². The van der Waals surface area contributed by atoms with Crippen molar-refractivity contribution in [3.8, 4) is 11.1 Å². The summed E-state index contributed by atoms with van der Waals surface area (Å²) in [7, 11) is 2.17. The molecule has 0 radical (unpaired) electrons. The molecule has 3 aromatic rings. The highest BCUT2D eigenvalue weighted by atomic mass is 32.1. The first-order valence-corrected chi connectivity index (χ1v) is 10.3. The first-order chi connectivity index (χ1) is 13.2. The summed E-state index contributed by atoms with van der Waals surface area (Å²) in [6.07, 6.45) is 7.85. The molecule has 1 fully saturated rings.